The summed E-state index contributed by atoms with van der Waals surface area (Å²) in [5.74, 6) is -2.23. The van der Waals surface area contributed by atoms with Crippen molar-refractivity contribution in [2.24, 2.45) is 5.92 Å². The van der Waals surface area contributed by atoms with Gasteiger partial charge in [-0.05, 0) is 43.4 Å². The Morgan fingerprint density at radius 3 is 2.49 bits per heavy atom. The summed E-state index contributed by atoms with van der Waals surface area (Å²) in [6.45, 7) is 0.833. The molecule has 2 aromatic heterocycles. The molecule has 0 radical (unpaired) electrons. The molecule has 214 valence electrons. The second-order valence-corrected chi connectivity index (χ2v) is 13.5. The van der Waals surface area contributed by atoms with Crippen LogP contribution < -0.4 is 10.2 Å². The highest BCUT2D eigenvalue weighted by molar-refractivity contribution is 7.91. The Balaban J connectivity index is 1.37. The normalized spacial score (nSPS) is 23.0. The summed E-state index contributed by atoms with van der Waals surface area (Å²) in [5, 5.41) is 17.2. The Bertz CT molecular complexity index is 1610. The van der Waals surface area contributed by atoms with Gasteiger partial charge in [0.25, 0.3) is 0 Å². The predicted octanol–water partition coefficient (Wildman–Crippen LogP) is 3.89. The van der Waals surface area contributed by atoms with Gasteiger partial charge in [-0.1, -0.05) is 25.0 Å². The molecular weight excluding hydrogens is 550 g/mol. The van der Waals surface area contributed by atoms with Gasteiger partial charge in [-0.15, -0.1) is 0 Å². The van der Waals surface area contributed by atoms with Crippen LogP contribution in [0.1, 0.15) is 50.1 Å². The number of halogens is 2. The maximum atomic E-state index is 14.7. The van der Waals surface area contributed by atoms with Gasteiger partial charge < -0.3 is 10.2 Å². The van der Waals surface area contributed by atoms with Crippen LogP contribution in [-0.4, -0.2) is 59.2 Å². The molecule has 2 saturated carbocycles. The number of nitriles is 1. The highest BCUT2D eigenvalue weighted by Gasteiger charge is 2.47. The standard InChI is InChI=1S/C29H30F2N6O3S/c30-20-15-25(27(31)33-16-20)37-17-24(19-5-7-21(8-6-19)36-11-13-41(39,40)14-12-36)26(35-37)22-3-1-2-4-23(22)28(38)34-29(18-32)9-10-29/h5-8,15-17,22-23H,1-4,9-14H2,(H,34,38). The predicted molar refractivity (Wildman–Crippen MR) is 148 cm³/mol. The molecule has 2 aliphatic carbocycles. The fourth-order valence-electron chi connectivity index (χ4n) is 5.89. The molecule has 6 rings (SSSR count). The van der Waals surface area contributed by atoms with Crippen LogP contribution in [-0.2, 0) is 14.6 Å². The van der Waals surface area contributed by atoms with Crippen molar-refractivity contribution in [1.82, 2.24) is 20.1 Å². The second kappa shape index (κ2) is 10.5. The van der Waals surface area contributed by atoms with Gasteiger partial charge in [-0.2, -0.15) is 14.8 Å². The van der Waals surface area contributed by atoms with Crippen LogP contribution in [0.3, 0.4) is 0 Å². The lowest BCUT2D eigenvalue weighted by Crippen LogP contribution is -2.42. The number of hydrogen-bond acceptors (Lipinski definition) is 7. The van der Waals surface area contributed by atoms with Crippen LogP contribution in [0.15, 0.2) is 42.7 Å². The molecule has 3 aromatic rings. The number of nitrogens with zero attached hydrogens (tertiary/aromatic N) is 5. The zero-order valence-electron chi connectivity index (χ0n) is 22.4. The van der Waals surface area contributed by atoms with Crippen molar-refractivity contribution < 1.29 is 22.0 Å². The van der Waals surface area contributed by atoms with Gasteiger partial charge >= 0.3 is 0 Å². The molecule has 1 saturated heterocycles. The van der Waals surface area contributed by atoms with Crippen molar-refractivity contribution in [3.8, 4) is 22.9 Å². The van der Waals surface area contributed by atoms with Crippen LogP contribution in [0.25, 0.3) is 16.8 Å². The lowest BCUT2D eigenvalue weighted by Gasteiger charge is -2.31. The molecule has 0 spiro atoms. The minimum atomic E-state index is -3.01. The maximum absolute atomic E-state index is 14.7. The first-order valence-corrected chi connectivity index (χ1v) is 15.7. The molecule has 2 atom stereocenters. The Morgan fingerprint density at radius 2 is 1.80 bits per heavy atom. The smallest absolute Gasteiger partial charge is 0.238 e. The van der Waals surface area contributed by atoms with E-state index in [2.05, 4.69) is 16.4 Å². The first-order valence-electron chi connectivity index (χ1n) is 13.9. The first kappa shape index (κ1) is 27.3. The van der Waals surface area contributed by atoms with Crippen LogP contribution in [0.2, 0.25) is 0 Å². The van der Waals surface area contributed by atoms with E-state index in [9.17, 15) is 27.3 Å². The number of carbonyl (C=O) groups excluding carboxylic acids is 1. The summed E-state index contributed by atoms with van der Waals surface area (Å²) in [7, 11) is -3.01. The summed E-state index contributed by atoms with van der Waals surface area (Å²) in [5.41, 5.74) is 2.03. The van der Waals surface area contributed by atoms with Crippen LogP contribution in [0.4, 0.5) is 14.5 Å². The number of pyridine rings is 1. The van der Waals surface area contributed by atoms with Crippen LogP contribution in [0.5, 0.6) is 0 Å². The van der Waals surface area contributed by atoms with E-state index < -0.39 is 33.1 Å². The molecular formula is C29H30F2N6O3S. The van der Waals surface area contributed by atoms with E-state index in [1.165, 1.54) is 4.68 Å². The van der Waals surface area contributed by atoms with Gasteiger partial charge in [0.15, 0.2) is 9.84 Å². The lowest BCUT2D eigenvalue weighted by molar-refractivity contribution is -0.127. The highest BCUT2D eigenvalue weighted by atomic mass is 32.2. The van der Waals surface area contributed by atoms with E-state index in [1.807, 2.05) is 29.2 Å². The lowest BCUT2D eigenvalue weighted by atomic mass is 9.75. The van der Waals surface area contributed by atoms with Gasteiger partial charge in [-0.3, -0.25) is 4.79 Å². The molecule has 41 heavy (non-hydrogen) atoms. The number of amides is 1. The number of nitrogens with one attached hydrogen (secondary N) is 1. The molecule has 1 aliphatic heterocycles. The van der Waals surface area contributed by atoms with E-state index in [-0.39, 0.29) is 29.0 Å². The molecule has 1 N–H and O–H groups in total. The number of anilines is 1. The van der Waals surface area contributed by atoms with Crippen LogP contribution >= 0.6 is 0 Å². The van der Waals surface area contributed by atoms with Gasteiger partial charge in [0.1, 0.15) is 17.0 Å². The maximum Gasteiger partial charge on any atom is 0.238 e. The Labute approximate surface area is 237 Å². The molecule has 2 unspecified atom stereocenters. The Hall–Kier alpha value is -3.85. The molecule has 3 fully saturated rings. The largest absolute Gasteiger partial charge is 0.369 e. The van der Waals surface area contributed by atoms with Gasteiger partial charge in [0, 0.05) is 48.4 Å². The van der Waals surface area contributed by atoms with Gasteiger partial charge in [0.2, 0.25) is 11.9 Å². The number of rotatable bonds is 6. The van der Waals surface area contributed by atoms with E-state index in [4.69, 9.17) is 5.10 Å². The molecule has 3 aliphatic rings. The summed E-state index contributed by atoms with van der Waals surface area (Å²) < 4.78 is 53.8. The number of benzene rings is 1. The quantitative estimate of drug-likeness (QED) is 0.439. The van der Waals surface area contributed by atoms with Crippen molar-refractivity contribution in [3.63, 3.8) is 0 Å². The molecule has 1 aromatic carbocycles. The topological polar surface area (TPSA) is 121 Å². The van der Waals surface area contributed by atoms with Crippen molar-refractivity contribution in [2.45, 2.75) is 50.0 Å². The number of hydrogen-bond donors (Lipinski definition) is 1. The van der Waals surface area contributed by atoms with E-state index in [0.29, 0.717) is 50.0 Å². The molecule has 12 heteroatoms. The van der Waals surface area contributed by atoms with E-state index >= 15 is 0 Å². The molecule has 9 nitrogen and oxygen atoms in total. The van der Waals surface area contributed by atoms with Gasteiger partial charge in [0.05, 0.1) is 29.5 Å². The van der Waals surface area contributed by atoms with Crippen molar-refractivity contribution >= 4 is 21.4 Å². The number of sulfone groups is 1. The summed E-state index contributed by atoms with van der Waals surface area (Å²) in [4.78, 5) is 18.9. The highest BCUT2D eigenvalue weighted by Crippen LogP contribution is 2.43. The molecule has 1 amide bonds. The first-order chi connectivity index (χ1) is 19.7. The second-order valence-electron chi connectivity index (χ2n) is 11.2. The molecule has 3 heterocycles. The SMILES string of the molecule is N#CC1(NC(=O)C2CCCCC2c2nn(-c3cc(F)cnc3F)cc2-c2ccc(N3CCS(=O)(=O)CC3)cc2)CC1. The van der Waals surface area contributed by atoms with E-state index in [1.54, 1.807) is 6.20 Å². The Morgan fingerprint density at radius 1 is 1.10 bits per heavy atom. The zero-order chi connectivity index (χ0) is 28.8. The summed E-state index contributed by atoms with van der Waals surface area (Å²) in [6, 6.07) is 10.9. The minimum absolute atomic E-state index is 0.108. The van der Waals surface area contributed by atoms with E-state index in [0.717, 1.165) is 36.4 Å². The summed E-state index contributed by atoms with van der Waals surface area (Å²) in [6.07, 6.45) is 6.78. The number of carbonyl (C=O) groups is 1. The average molecular weight is 581 g/mol. The van der Waals surface area contributed by atoms with Gasteiger partial charge in [-0.25, -0.2) is 22.5 Å². The molecule has 0 bridgehead atoms. The third-order valence-corrected chi connectivity index (χ3v) is 10.1. The monoisotopic (exact) mass is 580 g/mol. The van der Waals surface area contributed by atoms with Crippen molar-refractivity contribution in [1.29, 1.82) is 5.26 Å². The number of aromatic nitrogens is 3. The van der Waals surface area contributed by atoms with Crippen molar-refractivity contribution in [2.75, 3.05) is 29.5 Å². The third-order valence-electron chi connectivity index (χ3n) is 8.45. The average Bonchev–Trinajstić information content (AvgIpc) is 3.61. The fourth-order valence-corrected chi connectivity index (χ4v) is 7.09. The van der Waals surface area contributed by atoms with Crippen LogP contribution in [0, 0.1) is 29.0 Å². The third kappa shape index (κ3) is 5.55. The fraction of sp³-hybridized carbons (Fsp3) is 0.448. The Kier molecular flexibility index (Phi) is 7.01. The van der Waals surface area contributed by atoms with Crippen molar-refractivity contribution in [3.05, 3.63) is 60.2 Å². The zero-order valence-corrected chi connectivity index (χ0v) is 23.2. The summed E-state index contributed by atoms with van der Waals surface area (Å²) >= 11 is 0. The minimum Gasteiger partial charge on any atom is -0.369 e.